The van der Waals surface area contributed by atoms with Gasteiger partial charge in [-0.1, -0.05) is 19.1 Å². The number of carbonyl (C=O) groups excluding carboxylic acids is 1. The fourth-order valence-corrected chi connectivity index (χ4v) is 1.45. The van der Waals surface area contributed by atoms with Crippen LogP contribution in [0.5, 0.6) is 0 Å². The van der Waals surface area contributed by atoms with E-state index in [0.29, 0.717) is 17.1 Å². The van der Waals surface area contributed by atoms with Crippen molar-refractivity contribution in [3.63, 3.8) is 0 Å². The highest BCUT2D eigenvalue weighted by Crippen LogP contribution is 2.16. The molecule has 3 nitrogen and oxygen atoms in total. The molecule has 0 fully saturated rings. The Hall–Kier alpha value is -1.16. The standard InChI is InChI=1S/C10H14N2OS/c1-2-14-7-10(13)12-9-6-4-3-5-8(9)11/h3-6H,2,7,11H2,1H3,(H,12,13). The second kappa shape index (κ2) is 5.54. The summed E-state index contributed by atoms with van der Waals surface area (Å²) in [6.45, 7) is 2.02. The maximum Gasteiger partial charge on any atom is 0.234 e. The average Bonchev–Trinajstić information content (AvgIpc) is 2.18. The summed E-state index contributed by atoms with van der Waals surface area (Å²) < 4.78 is 0. The van der Waals surface area contributed by atoms with Gasteiger partial charge in [-0.25, -0.2) is 0 Å². The van der Waals surface area contributed by atoms with Crippen LogP contribution < -0.4 is 11.1 Å². The Morgan fingerprint density at radius 1 is 1.50 bits per heavy atom. The zero-order valence-electron chi connectivity index (χ0n) is 8.12. The lowest BCUT2D eigenvalue weighted by Gasteiger charge is -2.06. The number of amides is 1. The minimum Gasteiger partial charge on any atom is -0.397 e. The van der Waals surface area contributed by atoms with E-state index in [9.17, 15) is 4.79 Å². The van der Waals surface area contributed by atoms with Crippen LogP contribution in [0.25, 0.3) is 0 Å². The lowest BCUT2D eigenvalue weighted by Crippen LogP contribution is -2.15. The Balaban J connectivity index is 2.52. The molecule has 0 bridgehead atoms. The molecular formula is C10H14N2OS. The number of rotatable bonds is 4. The van der Waals surface area contributed by atoms with Crippen LogP contribution in [0.3, 0.4) is 0 Å². The van der Waals surface area contributed by atoms with Gasteiger partial charge in [-0.3, -0.25) is 4.79 Å². The number of para-hydroxylation sites is 2. The third-order valence-corrected chi connectivity index (χ3v) is 2.55. The first kappa shape index (κ1) is 10.9. The van der Waals surface area contributed by atoms with Crippen molar-refractivity contribution < 1.29 is 4.79 Å². The first-order chi connectivity index (χ1) is 6.74. The van der Waals surface area contributed by atoms with Gasteiger partial charge in [0, 0.05) is 0 Å². The molecule has 1 aromatic rings. The summed E-state index contributed by atoms with van der Waals surface area (Å²) in [6.07, 6.45) is 0. The molecule has 0 aliphatic rings. The van der Waals surface area contributed by atoms with Crippen LogP contribution in [0, 0.1) is 0 Å². The first-order valence-electron chi connectivity index (χ1n) is 4.46. The van der Waals surface area contributed by atoms with Crippen molar-refractivity contribution in [2.45, 2.75) is 6.92 Å². The van der Waals surface area contributed by atoms with E-state index in [0.717, 1.165) is 5.75 Å². The van der Waals surface area contributed by atoms with Crippen molar-refractivity contribution in [1.82, 2.24) is 0 Å². The van der Waals surface area contributed by atoms with E-state index in [2.05, 4.69) is 5.32 Å². The lowest BCUT2D eigenvalue weighted by molar-refractivity contribution is -0.113. The van der Waals surface area contributed by atoms with Crippen LogP contribution in [0.15, 0.2) is 24.3 Å². The van der Waals surface area contributed by atoms with Crippen molar-refractivity contribution in [2.75, 3.05) is 22.6 Å². The fourth-order valence-electron chi connectivity index (χ4n) is 0.992. The summed E-state index contributed by atoms with van der Waals surface area (Å²) in [7, 11) is 0. The van der Waals surface area contributed by atoms with Gasteiger partial charge in [-0.05, 0) is 17.9 Å². The molecule has 0 spiro atoms. The van der Waals surface area contributed by atoms with E-state index in [-0.39, 0.29) is 5.91 Å². The fraction of sp³-hybridized carbons (Fsp3) is 0.300. The van der Waals surface area contributed by atoms with Crippen molar-refractivity contribution in [3.8, 4) is 0 Å². The molecule has 1 aromatic carbocycles. The minimum atomic E-state index is -0.00486. The predicted octanol–water partition coefficient (Wildman–Crippen LogP) is 1.96. The minimum absolute atomic E-state index is 0.00486. The van der Waals surface area contributed by atoms with E-state index in [4.69, 9.17) is 5.73 Å². The summed E-state index contributed by atoms with van der Waals surface area (Å²) in [5, 5.41) is 2.76. The topological polar surface area (TPSA) is 55.1 Å². The van der Waals surface area contributed by atoms with Crippen molar-refractivity contribution >= 4 is 29.0 Å². The number of nitrogens with one attached hydrogen (secondary N) is 1. The van der Waals surface area contributed by atoms with Crippen LogP contribution in [0.1, 0.15) is 6.92 Å². The molecule has 0 saturated carbocycles. The van der Waals surface area contributed by atoms with E-state index < -0.39 is 0 Å². The SMILES string of the molecule is CCSCC(=O)Nc1ccccc1N. The molecule has 3 N–H and O–H groups in total. The summed E-state index contributed by atoms with van der Waals surface area (Å²) in [6, 6.07) is 7.25. The molecular weight excluding hydrogens is 196 g/mol. The van der Waals surface area contributed by atoms with Gasteiger partial charge in [-0.15, -0.1) is 0 Å². The van der Waals surface area contributed by atoms with Gasteiger partial charge in [0.2, 0.25) is 5.91 Å². The highest BCUT2D eigenvalue weighted by atomic mass is 32.2. The normalized spacial score (nSPS) is 9.79. The number of thioether (sulfide) groups is 1. The van der Waals surface area contributed by atoms with Crippen LogP contribution >= 0.6 is 11.8 Å². The number of anilines is 2. The van der Waals surface area contributed by atoms with Crippen molar-refractivity contribution in [2.24, 2.45) is 0 Å². The molecule has 76 valence electrons. The third-order valence-electron chi connectivity index (χ3n) is 1.67. The molecule has 0 saturated heterocycles. The Morgan fingerprint density at radius 3 is 2.86 bits per heavy atom. The van der Waals surface area contributed by atoms with Crippen molar-refractivity contribution in [1.29, 1.82) is 0 Å². The third kappa shape index (κ3) is 3.30. The smallest absolute Gasteiger partial charge is 0.234 e. The summed E-state index contributed by atoms with van der Waals surface area (Å²) in [5.74, 6) is 1.41. The van der Waals surface area contributed by atoms with Crippen LogP contribution in [-0.4, -0.2) is 17.4 Å². The molecule has 1 amide bonds. The van der Waals surface area contributed by atoms with Gasteiger partial charge < -0.3 is 11.1 Å². The quantitative estimate of drug-likeness (QED) is 0.747. The van der Waals surface area contributed by atoms with E-state index in [1.165, 1.54) is 0 Å². The number of carbonyl (C=O) groups is 1. The maximum absolute atomic E-state index is 11.3. The Kier molecular flexibility index (Phi) is 4.32. The van der Waals surface area contributed by atoms with Crippen LogP contribution in [-0.2, 0) is 4.79 Å². The zero-order valence-corrected chi connectivity index (χ0v) is 8.93. The lowest BCUT2D eigenvalue weighted by atomic mass is 10.3. The van der Waals surface area contributed by atoms with Gasteiger partial charge in [0.15, 0.2) is 0 Å². The van der Waals surface area contributed by atoms with Gasteiger partial charge in [0.1, 0.15) is 0 Å². The average molecular weight is 210 g/mol. The van der Waals surface area contributed by atoms with E-state index in [1.54, 1.807) is 23.9 Å². The highest BCUT2D eigenvalue weighted by molar-refractivity contribution is 7.99. The Morgan fingerprint density at radius 2 is 2.21 bits per heavy atom. The monoisotopic (exact) mass is 210 g/mol. The maximum atomic E-state index is 11.3. The molecule has 0 radical (unpaired) electrons. The van der Waals surface area contributed by atoms with Gasteiger partial charge in [0.25, 0.3) is 0 Å². The molecule has 0 aliphatic heterocycles. The second-order valence-electron chi connectivity index (χ2n) is 2.77. The summed E-state index contributed by atoms with van der Waals surface area (Å²) in [4.78, 5) is 11.3. The molecule has 0 aliphatic carbocycles. The van der Waals surface area contributed by atoms with Gasteiger partial charge in [0.05, 0.1) is 17.1 Å². The molecule has 0 atom stereocenters. The molecule has 14 heavy (non-hydrogen) atoms. The van der Waals surface area contributed by atoms with Crippen molar-refractivity contribution in [3.05, 3.63) is 24.3 Å². The number of hydrogen-bond acceptors (Lipinski definition) is 3. The number of nitrogen functional groups attached to an aromatic ring is 1. The Labute approximate surface area is 88.1 Å². The number of hydrogen-bond donors (Lipinski definition) is 2. The molecule has 0 aromatic heterocycles. The van der Waals surface area contributed by atoms with Crippen LogP contribution in [0.4, 0.5) is 11.4 Å². The number of nitrogens with two attached hydrogens (primary N) is 1. The van der Waals surface area contributed by atoms with Crippen LogP contribution in [0.2, 0.25) is 0 Å². The van der Waals surface area contributed by atoms with E-state index in [1.807, 2.05) is 19.1 Å². The first-order valence-corrected chi connectivity index (χ1v) is 5.61. The molecule has 1 rings (SSSR count). The molecule has 4 heteroatoms. The summed E-state index contributed by atoms with van der Waals surface area (Å²) >= 11 is 1.59. The number of benzene rings is 1. The molecule has 0 heterocycles. The molecule has 0 unspecified atom stereocenters. The zero-order chi connectivity index (χ0) is 10.4. The second-order valence-corrected chi connectivity index (χ2v) is 4.05. The predicted molar refractivity (Wildman–Crippen MR) is 62.5 cm³/mol. The van der Waals surface area contributed by atoms with E-state index >= 15 is 0 Å². The Bertz CT molecular complexity index is 315. The largest absolute Gasteiger partial charge is 0.397 e. The van der Waals surface area contributed by atoms with Gasteiger partial charge >= 0.3 is 0 Å². The van der Waals surface area contributed by atoms with Gasteiger partial charge in [-0.2, -0.15) is 11.8 Å². The highest BCUT2D eigenvalue weighted by Gasteiger charge is 2.03. The summed E-state index contributed by atoms with van der Waals surface area (Å²) in [5.41, 5.74) is 6.96.